The molecule has 0 bridgehead atoms. The Balaban J connectivity index is 1.99. The summed E-state index contributed by atoms with van der Waals surface area (Å²) in [7, 11) is 0. The van der Waals surface area contributed by atoms with Gasteiger partial charge in [-0.2, -0.15) is 0 Å². The molecule has 0 saturated carbocycles. The highest BCUT2D eigenvalue weighted by atomic mass is 16.2. The van der Waals surface area contributed by atoms with Crippen molar-refractivity contribution >= 4 is 17.5 Å². The van der Waals surface area contributed by atoms with E-state index >= 15 is 0 Å². The average molecular weight is 302 g/mol. The quantitative estimate of drug-likeness (QED) is 0.793. The van der Waals surface area contributed by atoms with Crippen molar-refractivity contribution in [1.29, 1.82) is 0 Å². The minimum absolute atomic E-state index is 0.0564. The molecule has 2 aromatic rings. The summed E-state index contributed by atoms with van der Waals surface area (Å²) < 4.78 is 1.95. The van der Waals surface area contributed by atoms with E-state index in [1.165, 1.54) is 6.92 Å². The molecule has 0 aliphatic rings. The number of amides is 2. The summed E-state index contributed by atoms with van der Waals surface area (Å²) >= 11 is 0. The molecule has 2 aromatic heterocycles. The highest BCUT2D eigenvalue weighted by Gasteiger charge is 2.10. The Kier molecular flexibility index (Phi) is 5.14. The van der Waals surface area contributed by atoms with Gasteiger partial charge in [-0.1, -0.05) is 6.92 Å². The first kappa shape index (κ1) is 16.0. The number of carbonyl (C=O) groups is 2. The number of aromatic nitrogens is 2. The molecule has 0 atom stereocenters. The maximum Gasteiger partial charge on any atom is 0.252 e. The first-order valence-electron chi connectivity index (χ1n) is 7.53. The predicted molar refractivity (Wildman–Crippen MR) is 84.9 cm³/mol. The molecule has 2 N–H and O–H groups in total. The fourth-order valence-electron chi connectivity index (χ4n) is 2.34. The van der Waals surface area contributed by atoms with Crippen molar-refractivity contribution in [3.63, 3.8) is 0 Å². The molecule has 0 unspecified atom stereocenters. The summed E-state index contributed by atoms with van der Waals surface area (Å²) in [5.41, 5.74) is 3.58. The number of pyridine rings is 1. The van der Waals surface area contributed by atoms with Crippen LogP contribution in [0.1, 0.15) is 42.0 Å². The molecule has 0 aliphatic heterocycles. The standard InChI is InChI=1S/C16H22N4O2/c1-4-14-11(2)20-10-13(6-7-15(20)19-14)16(22)18-9-5-8-17-12(3)21/h6-7,10H,4-5,8-9H2,1-3H3,(H,17,21)(H,18,22). The fraction of sp³-hybridized carbons (Fsp3) is 0.438. The van der Waals surface area contributed by atoms with Crippen molar-refractivity contribution in [2.45, 2.75) is 33.6 Å². The van der Waals surface area contributed by atoms with E-state index < -0.39 is 0 Å². The molecule has 2 amide bonds. The molecule has 118 valence electrons. The first-order valence-corrected chi connectivity index (χ1v) is 7.53. The van der Waals surface area contributed by atoms with Gasteiger partial charge in [-0.15, -0.1) is 0 Å². The fourth-order valence-corrected chi connectivity index (χ4v) is 2.34. The van der Waals surface area contributed by atoms with Gasteiger partial charge in [-0.3, -0.25) is 9.59 Å². The first-order chi connectivity index (χ1) is 10.5. The maximum absolute atomic E-state index is 12.1. The van der Waals surface area contributed by atoms with E-state index in [2.05, 4.69) is 22.5 Å². The maximum atomic E-state index is 12.1. The Morgan fingerprint density at radius 1 is 1.23 bits per heavy atom. The van der Waals surface area contributed by atoms with E-state index in [0.29, 0.717) is 25.1 Å². The largest absolute Gasteiger partial charge is 0.356 e. The summed E-state index contributed by atoms with van der Waals surface area (Å²) in [6.07, 6.45) is 3.40. The molecule has 6 nitrogen and oxygen atoms in total. The van der Waals surface area contributed by atoms with Crippen LogP contribution >= 0.6 is 0 Å². The highest BCUT2D eigenvalue weighted by molar-refractivity contribution is 5.94. The van der Waals surface area contributed by atoms with Gasteiger partial charge >= 0.3 is 0 Å². The molecule has 22 heavy (non-hydrogen) atoms. The molecule has 0 fully saturated rings. The molecule has 0 aliphatic carbocycles. The lowest BCUT2D eigenvalue weighted by atomic mass is 10.2. The molecule has 0 spiro atoms. The Morgan fingerprint density at radius 3 is 2.64 bits per heavy atom. The number of carbonyl (C=O) groups excluding carboxylic acids is 2. The molecular formula is C16H22N4O2. The number of hydrogen-bond donors (Lipinski definition) is 2. The van der Waals surface area contributed by atoms with Crippen molar-refractivity contribution in [3.8, 4) is 0 Å². The minimum atomic E-state index is -0.115. The summed E-state index contributed by atoms with van der Waals surface area (Å²) in [6.45, 7) is 6.65. The highest BCUT2D eigenvalue weighted by Crippen LogP contribution is 2.13. The van der Waals surface area contributed by atoms with Crippen LogP contribution in [0.4, 0.5) is 0 Å². The molecular weight excluding hydrogens is 280 g/mol. The summed E-state index contributed by atoms with van der Waals surface area (Å²) in [5.74, 6) is -0.171. The van der Waals surface area contributed by atoms with Gasteiger partial charge in [0.05, 0.1) is 11.3 Å². The third kappa shape index (κ3) is 3.63. The zero-order valence-electron chi connectivity index (χ0n) is 13.3. The average Bonchev–Trinajstić information content (AvgIpc) is 2.82. The smallest absolute Gasteiger partial charge is 0.252 e. The van der Waals surface area contributed by atoms with Crippen molar-refractivity contribution in [2.24, 2.45) is 0 Å². The Morgan fingerprint density at radius 2 is 1.95 bits per heavy atom. The van der Waals surface area contributed by atoms with E-state index in [9.17, 15) is 9.59 Å². The molecule has 6 heteroatoms. The third-order valence-corrected chi connectivity index (χ3v) is 3.57. The molecule has 2 heterocycles. The van der Waals surface area contributed by atoms with Crippen molar-refractivity contribution in [3.05, 3.63) is 35.3 Å². The van der Waals surface area contributed by atoms with Gasteiger partial charge < -0.3 is 15.0 Å². The van der Waals surface area contributed by atoms with Crippen LogP contribution in [0.3, 0.4) is 0 Å². The Labute approximate surface area is 129 Å². The van der Waals surface area contributed by atoms with Gasteiger partial charge in [-0.25, -0.2) is 4.98 Å². The second-order valence-electron chi connectivity index (χ2n) is 5.24. The molecule has 0 aromatic carbocycles. The van der Waals surface area contributed by atoms with Gasteiger partial charge in [0.25, 0.3) is 5.91 Å². The summed E-state index contributed by atoms with van der Waals surface area (Å²) in [6, 6.07) is 3.64. The van der Waals surface area contributed by atoms with Gasteiger partial charge in [0, 0.05) is 31.9 Å². The van der Waals surface area contributed by atoms with E-state index in [-0.39, 0.29) is 11.8 Å². The van der Waals surface area contributed by atoms with E-state index in [4.69, 9.17) is 0 Å². The Bertz CT molecular complexity index is 691. The zero-order valence-corrected chi connectivity index (χ0v) is 13.3. The lowest BCUT2D eigenvalue weighted by molar-refractivity contribution is -0.118. The normalized spacial score (nSPS) is 10.7. The van der Waals surface area contributed by atoms with Crippen LogP contribution in [0.5, 0.6) is 0 Å². The number of nitrogens with zero attached hydrogens (tertiary/aromatic N) is 2. The van der Waals surface area contributed by atoms with Crippen molar-refractivity contribution < 1.29 is 9.59 Å². The van der Waals surface area contributed by atoms with Crippen LogP contribution in [-0.4, -0.2) is 34.3 Å². The SMILES string of the molecule is CCc1nc2ccc(C(=O)NCCCNC(C)=O)cn2c1C. The minimum Gasteiger partial charge on any atom is -0.356 e. The van der Waals surface area contributed by atoms with E-state index in [1.54, 1.807) is 6.07 Å². The van der Waals surface area contributed by atoms with Gasteiger partial charge in [0.1, 0.15) is 5.65 Å². The summed E-state index contributed by atoms with van der Waals surface area (Å²) in [4.78, 5) is 27.4. The Hall–Kier alpha value is -2.37. The second-order valence-corrected chi connectivity index (χ2v) is 5.24. The van der Waals surface area contributed by atoms with E-state index in [0.717, 1.165) is 23.5 Å². The number of aryl methyl sites for hydroxylation is 2. The van der Waals surface area contributed by atoms with Crippen LogP contribution < -0.4 is 10.6 Å². The van der Waals surface area contributed by atoms with Crippen LogP contribution in [0.25, 0.3) is 5.65 Å². The topological polar surface area (TPSA) is 75.5 Å². The van der Waals surface area contributed by atoms with Crippen LogP contribution in [0.15, 0.2) is 18.3 Å². The number of hydrogen-bond acceptors (Lipinski definition) is 3. The van der Waals surface area contributed by atoms with Gasteiger partial charge in [0.2, 0.25) is 5.91 Å². The van der Waals surface area contributed by atoms with Crippen LogP contribution in [-0.2, 0) is 11.2 Å². The number of rotatable bonds is 6. The molecule has 0 radical (unpaired) electrons. The molecule has 2 rings (SSSR count). The van der Waals surface area contributed by atoms with Crippen molar-refractivity contribution in [2.75, 3.05) is 13.1 Å². The number of imidazole rings is 1. The second kappa shape index (κ2) is 7.06. The van der Waals surface area contributed by atoms with Crippen molar-refractivity contribution in [1.82, 2.24) is 20.0 Å². The summed E-state index contributed by atoms with van der Waals surface area (Å²) in [5, 5.41) is 5.55. The predicted octanol–water partition coefficient (Wildman–Crippen LogP) is 1.46. The third-order valence-electron chi connectivity index (χ3n) is 3.57. The number of nitrogens with one attached hydrogen (secondary N) is 2. The van der Waals surface area contributed by atoms with Crippen LogP contribution in [0.2, 0.25) is 0 Å². The van der Waals surface area contributed by atoms with Gasteiger partial charge in [0.15, 0.2) is 0 Å². The van der Waals surface area contributed by atoms with E-state index in [1.807, 2.05) is 23.6 Å². The van der Waals surface area contributed by atoms with Crippen LogP contribution in [0, 0.1) is 6.92 Å². The zero-order chi connectivity index (χ0) is 16.1. The lowest BCUT2D eigenvalue weighted by Gasteiger charge is -2.06. The molecule has 0 saturated heterocycles. The number of fused-ring (bicyclic) bond motifs is 1. The van der Waals surface area contributed by atoms with Gasteiger partial charge in [-0.05, 0) is 31.9 Å². The lowest BCUT2D eigenvalue weighted by Crippen LogP contribution is -2.28. The monoisotopic (exact) mass is 302 g/mol.